The molecule has 2 heterocycles. The molecular formula is C17H18N6O2. The van der Waals surface area contributed by atoms with Crippen molar-refractivity contribution < 1.29 is 9.63 Å². The molecule has 0 atom stereocenters. The largest absolute Gasteiger partial charge is 0.399 e. The van der Waals surface area contributed by atoms with Gasteiger partial charge in [0, 0.05) is 30.1 Å². The Balaban J connectivity index is 2.06. The number of H-pyrrole nitrogens is 1. The van der Waals surface area contributed by atoms with Crippen molar-refractivity contribution in [1.29, 1.82) is 0 Å². The number of rotatable bonds is 5. The van der Waals surface area contributed by atoms with Crippen LogP contribution in [0, 0.1) is 0 Å². The van der Waals surface area contributed by atoms with Gasteiger partial charge in [-0.2, -0.15) is 0 Å². The van der Waals surface area contributed by atoms with Gasteiger partial charge in [-0.05, 0) is 30.7 Å². The highest BCUT2D eigenvalue weighted by molar-refractivity contribution is 6.00. The topological polar surface area (TPSA) is 104 Å². The molecule has 0 aliphatic rings. The summed E-state index contributed by atoms with van der Waals surface area (Å²) in [6.45, 7) is 2.38. The normalized spacial score (nSPS) is 11.0. The second-order valence-corrected chi connectivity index (χ2v) is 5.19. The Morgan fingerprint density at radius 3 is 3.00 bits per heavy atom. The van der Waals surface area contributed by atoms with Crippen molar-refractivity contribution in [2.45, 2.75) is 6.92 Å². The number of imidazole rings is 1. The molecule has 25 heavy (non-hydrogen) atoms. The Morgan fingerprint density at radius 2 is 2.28 bits per heavy atom. The van der Waals surface area contributed by atoms with E-state index in [1.165, 1.54) is 7.11 Å². The van der Waals surface area contributed by atoms with Gasteiger partial charge < -0.3 is 15.1 Å². The van der Waals surface area contributed by atoms with E-state index >= 15 is 0 Å². The van der Waals surface area contributed by atoms with Crippen LogP contribution >= 0.6 is 0 Å². The van der Waals surface area contributed by atoms with E-state index in [1.54, 1.807) is 18.6 Å². The quantitative estimate of drug-likeness (QED) is 0.491. The number of carbonyl (C=O) groups is 1. The molecule has 0 spiro atoms. The van der Waals surface area contributed by atoms with Gasteiger partial charge in [-0.1, -0.05) is 11.2 Å². The fraction of sp³-hybridized carbons (Fsp3) is 0.176. The van der Waals surface area contributed by atoms with Crippen LogP contribution in [0.3, 0.4) is 0 Å². The summed E-state index contributed by atoms with van der Waals surface area (Å²) in [6, 6.07) is 7.42. The summed E-state index contributed by atoms with van der Waals surface area (Å²) in [4.78, 5) is 28.2. The van der Waals surface area contributed by atoms with E-state index in [2.05, 4.69) is 30.7 Å². The zero-order chi connectivity index (χ0) is 17.6. The highest BCUT2D eigenvalue weighted by atomic mass is 16.6. The Labute approximate surface area is 144 Å². The number of aromatic nitrogens is 3. The molecule has 8 nitrogen and oxygen atoms in total. The molecule has 3 rings (SSSR count). The van der Waals surface area contributed by atoms with Crippen LogP contribution in [0.2, 0.25) is 0 Å². The molecule has 0 aliphatic heterocycles. The summed E-state index contributed by atoms with van der Waals surface area (Å²) in [6.07, 6.45) is 5.08. The van der Waals surface area contributed by atoms with Crippen molar-refractivity contribution in [1.82, 2.24) is 20.3 Å². The standard InChI is InChI=1S/C17H18N6O2/c1-3-19-17(24)23-16-21-14-8-12(11-5-4-6-18-9-11)7-13(10-20-25-2)15(14)22-16/h4-10H,3H2,1-2H3,(H3,19,21,22,23,24)/b20-10+. The van der Waals surface area contributed by atoms with Crippen LogP contribution in [-0.2, 0) is 4.84 Å². The average Bonchev–Trinajstić information content (AvgIpc) is 3.02. The van der Waals surface area contributed by atoms with Crippen molar-refractivity contribution in [2.24, 2.45) is 5.16 Å². The molecule has 2 aromatic heterocycles. The van der Waals surface area contributed by atoms with Crippen LogP contribution in [0.4, 0.5) is 10.7 Å². The lowest BCUT2D eigenvalue weighted by molar-refractivity contribution is 0.215. The minimum atomic E-state index is -0.318. The second kappa shape index (κ2) is 7.43. The summed E-state index contributed by atoms with van der Waals surface area (Å²) in [5.41, 5.74) is 4.13. The SMILES string of the molecule is CCNC(=O)Nc1nc2c(/C=N/OC)cc(-c3cccnc3)cc2[nH]1. The number of amides is 2. The third kappa shape index (κ3) is 3.74. The van der Waals surface area contributed by atoms with Crippen LogP contribution in [0.15, 0.2) is 41.8 Å². The summed E-state index contributed by atoms with van der Waals surface area (Å²) in [5.74, 6) is 0.358. The van der Waals surface area contributed by atoms with Crippen molar-refractivity contribution in [3.05, 3.63) is 42.2 Å². The van der Waals surface area contributed by atoms with Gasteiger partial charge >= 0.3 is 6.03 Å². The third-order valence-electron chi connectivity index (χ3n) is 3.48. The van der Waals surface area contributed by atoms with Crippen LogP contribution in [0.25, 0.3) is 22.2 Å². The highest BCUT2D eigenvalue weighted by Gasteiger charge is 2.11. The lowest BCUT2D eigenvalue weighted by atomic mass is 10.0. The smallest absolute Gasteiger partial charge is 0.321 e. The number of oxime groups is 1. The Kier molecular flexibility index (Phi) is 4.89. The van der Waals surface area contributed by atoms with E-state index in [1.807, 2.05) is 31.2 Å². The van der Waals surface area contributed by atoms with Gasteiger partial charge in [0.2, 0.25) is 5.95 Å². The molecule has 3 aromatic rings. The number of fused-ring (bicyclic) bond motifs is 1. The molecule has 0 saturated carbocycles. The number of benzene rings is 1. The molecule has 8 heteroatoms. The summed E-state index contributed by atoms with van der Waals surface area (Å²) in [5, 5.41) is 9.16. The number of aromatic amines is 1. The van der Waals surface area contributed by atoms with E-state index in [9.17, 15) is 4.79 Å². The first kappa shape index (κ1) is 16.4. The summed E-state index contributed by atoms with van der Waals surface area (Å²) >= 11 is 0. The Hall–Kier alpha value is -3.42. The number of nitrogens with zero attached hydrogens (tertiary/aromatic N) is 3. The van der Waals surface area contributed by atoms with Crippen molar-refractivity contribution in [3.8, 4) is 11.1 Å². The van der Waals surface area contributed by atoms with Gasteiger partial charge in [-0.3, -0.25) is 10.3 Å². The lowest BCUT2D eigenvalue weighted by Crippen LogP contribution is -2.28. The van der Waals surface area contributed by atoms with E-state index < -0.39 is 0 Å². The zero-order valence-corrected chi connectivity index (χ0v) is 13.9. The molecular weight excluding hydrogens is 320 g/mol. The minimum absolute atomic E-state index is 0.318. The second-order valence-electron chi connectivity index (χ2n) is 5.19. The maximum absolute atomic E-state index is 11.7. The van der Waals surface area contributed by atoms with Gasteiger partial charge in [0.1, 0.15) is 7.11 Å². The number of anilines is 1. The van der Waals surface area contributed by atoms with Gasteiger partial charge in [0.15, 0.2) is 0 Å². The fourth-order valence-electron chi connectivity index (χ4n) is 2.42. The predicted octanol–water partition coefficient (Wildman–Crippen LogP) is 2.75. The molecule has 3 N–H and O–H groups in total. The summed E-state index contributed by atoms with van der Waals surface area (Å²) < 4.78 is 0. The number of urea groups is 1. The maximum Gasteiger partial charge on any atom is 0.321 e. The van der Waals surface area contributed by atoms with Crippen molar-refractivity contribution in [2.75, 3.05) is 19.0 Å². The fourth-order valence-corrected chi connectivity index (χ4v) is 2.42. The first-order valence-electron chi connectivity index (χ1n) is 7.76. The van der Waals surface area contributed by atoms with Crippen LogP contribution in [-0.4, -0.2) is 40.9 Å². The van der Waals surface area contributed by atoms with Crippen LogP contribution < -0.4 is 10.6 Å². The van der Waals surface area contributed by atoms with Crippen molar-refractivity contribution >= 4 is 29.2 Å². The Bertz CT molecular complexity index is 904. The number of nitrogens with one attached hydrogen (secondary N) is 3. The average molecular weight is 338 g/mol. The maximum atomic E-state index is 11.7. The van der Waals surface area contributed by atoms with Gasteiger partial charge in [-0.25, -0.2) is 9.78 Å². The molecule has 2 amide bonds. The van der Waals surface area contributed by atoms with Crippen LogP contribution in [0.1, 0.15) is 12.5 Å². The van der Waals surface area contributed by atoms with Gasteiger partial charge in [0.25, 0.3) is 0 Å². The molecule has 0 bridgehead atoms. The molecule has 128 valence electrons. The molecule has 0 unspecified atom stereocenters. The van der Waals surface area contributed by atoms with Crippen LogP contribution in [0.5, 0.6) is 0 Å². The molecule has 0 radical (unpaired) electrons. The molecule has 0 fully saturated rings. The van der Waals surface area contributed by atoms with E-state index in [0.717, 1.165) is 22.2 Å². The molecule has 0 saturated heterocycles. The van der Waals surface area contributed by atoms with E-state index in [0.29, 0.717) is 18.0 Å². The Morgan fingerprint density at radius 1 is 1.40 bits per heavy atom. The number of carbonyl (C=O) groups excluding carboxylic acids is 1. The molecule has 1 aromatic carbocycles. The van der Waals surface area contributed by atoms with Gasteiger partial charge in [0.05, 0.1) is 17.2 Å². The zero-order valence-electron chi connectivity index (χ0n) is 13.9. The van der Waals surface area contributed by atoms with Gasteiger partial charge in [-0.15, -0.1) is 0 Å². The first-order chi connectivity index (χ1) is 12.2. The van der Waals surface area contributed by atoms with E-state index in [-0.39, 0.29) is 6.03 Å². The number of hydrogen-bond donors (Lipinski definition) is 3. The monoisotopic (exact) mass is 338 g/mol. The number of pyridine rings is 1. The number of hydrogen-bond acceptors (Lipinski definition) is 5. The minimum Gasteiger partial charge on any atom is -0.399 e. The lowest BCUT2D eigenvalue weighted by Gasteiger charge is -2.03. The summed E-state index contributed by atoms with van der Waals surface area (Å²) in [7, 11) is 1.48. The third-order valence-corrected chi connectivity index (χ3v) is 3.48. The highest BCUT2D eigenvalue weighted by Crippen LogP contribution is 2.26. The van der Waals surface area contributed by atoms with E-state index in [4.69, 9.17) is 4.84 Å². The predicted molar refractivity (Wildman–Crippen MR) is 96.6 cm³/mol. The molecule has 0 aliphatic carbocycles. The van der Waals surface area contributed by atoms with Crippen molar-refractivity contribution in [3.63, 3.8) is 0 Å². The first-order valence-corrected chi connectivity index (χ1v) is 7.76.